The Hall–Kier alpha value is -1.01. The molecule has 0 aliphatic heterocycles. The number of thioether (sulfide) groups is 1. The summed E-state index contributed by atoms with van der Waals surface area (Å²) in [6, 6.07) is 5.73. The van der Waals surface area contributed by atoms with Gasteiger partial charge in [0, 0.05) is 0 Å². The summed E-state index contributed by atoms with van der Waals surface area (Å²) in [6.45, 7) is 2.01. The average Bonchev–Trinajstić information content (AvgIpc) is 2.35. The van der Waals surface area contributed by atoms with Gasteiger partial charge >= 0.3 is 5.97 Å². The summed E-state index contributed by atoms with van der Waals surface area (Å²) in [5.41, 5.74) is -0.152. The third kappa shape index (κ3) is 4.03. The molecule has 0 radical (unpaired) electrons. The van der Waals surface area contributed by atoms with Crippen LogP contribution in [-0.4, -0.2) is 36.8 Å². The minimum Gasteiger partial charge on any atom is -0.478 e. The maximum Gasteiger partial charge on any atom is 0.337 e. The number of hydrogen-bond acceptors (Lipinski definition) is 4. The second-order valence-corrected chi connectivity index (χ2v) is 7.14. The van der Waals surface area contributed by atoms with E-state index in [0.717, 1.165) is 11.5 Å². The summed E-state index contributed by atoms with van der Waals surface area (Å²) < 4.78 is 24.1. The number of carboxylic acid groups (broad SMARTS) is 1. The molecule has 0 aliphatic carbocycles. The molecule has 0 atom stereocenters. The van der Waals surface area contributed by atoms with Crippen LogP contribution in [0.1, 0.15) is 23.7 Å². The van der Waals surface area contributed by atoms with Crippen molar-refractivity contribution < 1.29 is 18.3 Å². The number of sulfone groups is 1. The van der Waals surface area contributed by atoms with Crippen molar-refractivity contribution in [2.24, 2.45) is 0 Å². The highest BCUT2D eigenvalue weighted by Crippen LogP contribution is 2.18. The van der Waals surface area contributed by atoms with Gasteiger partial charge in [0.1, 0.15) is 0 Å². The number of aromatic carboxylic acids is 1. The molecule has 0 unspecified atom stereocenters. The van der Waals surface area contributed by atoms with Gasteiger partial charge in [-0.3, -0.25) is 0 Å². The molecule has 0 saturated heterocycles. The normalized spacial score (nSPS) is 11.4. The molecule has 0 aromatic heterocycles. The molecule has 1 aromatic rings. The van der Waals surface area contributed by atoms with Crippen molar-refractivity contribution >= 4 is 27.6 Å². The highest BCUT2D eigenvalue weighted by atomic mass is 32.2. The first-order valence-electron chi connectivity index (χ1n) is 5.62. The molecule has 0 amide bonds. The Labute approximate surface area is 111 Å². The van der Waals surface area contributed by atoms with E-state index in [1.54, 1.807) is 17.8 Å². The van der Waals surface area contributed by atoms with Crippen molar-refractivity contribution in [2.75, 3.05) is 17.3 Å². The maximum absolute atomic E-state index is 12.0. The molecular formula is C12H16O4S2. The topological polar surface area (TPSA) is 71.4 Å². The molecule has 1 rings (SSSR count). The summed E-state index contributed by atoms with van der Waals surface area (Å²) in [4.78, 5) is 10.9. The van der Waals surface area contributed by atoms with Crippen LogP contribution in [0, 0.1) is 0 Å². The van der Waals surface area contributed by atoms with Gasteiger partial charge in [0.15, 0.2) is 9.84 Å². The summed E-state index contributed by atoms with van der Waals surface area (Å²) in [5.74, 6) is 0.498. The van der Waals surface area contributed by atoms with Crippen molar-refractivity contribution in [1.82, 2.24) is 0 Å². The zero-order valence-corrected chi connectivity index (χ0v) is 11.8. The van der Waals surface area contributed by atoms with Crippen LogP contribution in [0.25, 0.3) is 0 Å². The first-order valence-corrected chi connectivity index (χ1v) is 8.42. The lowest BCUT2D eigenvalue weighted by Gasteiger charge is -2.07. The van der Waals surface area contributed by atoms with Crippen LogP contribution in [-0.2, 0) is 9.84 Å². The lowest BCUT2D eigenvalue weighted by atomic mass is 10.2. The molecule has 0 saturated carbocycles. The summed E-state index contributed by atoms with van der Waals surface area (Å²) in [7, 11) is -3.51. The predicted molar refractivity (Wildman–Crippen MR) is 73.1 cm³/mol. The predicted octanol–water partition coefficient (Wildman–Crippen LogP) is 2.30. The fourth-order valence-corrected chi connectivity index (χ4v) is 3.86. The molecule has 18 heavy (non-hydrogen) atoms. The van der Waals surface area contributed by atoms with Crippen LogP contribution < -0.4 is 0 Å². The van der Waals surface area contributed by atoms with E-state index in [4.69, 9.17) is 5.11 Å². The standard InChI is InChI=1S/C12H16O4S2/c1-2-17-8-5-9-18(15,16)11-7-4-3-6-10(11)12(13)14/h3-4,6-7H,2,5,8-9H2,1H3,(H,13,14). The quantitative estimate of drug-likeness (QED) is 0.779. The van der Waals surface area contributed by atoms with E-state index in [1.165, 1.54) is 18.2 Å². The zero-order valence-electron chi connectivity index (χ0n) is 10.1. The van der Waals surface area contributed by atoms with Gasteiger partial charge in [0.05, 0.1) is 16.2 Å². The van der Waals surface area contributed by atoms with Crippen molar-refractivity contribution in [3.8, 4) is 0 Å². The lowest BCUT2D eigenvalue weighted by Crippen LogP contribution is -2.12. The first kappa shape index (κ1) is 15.0. The third-order valence-electron chi connectivity index (χ3n) is 2.36. The van der Waals surface area contributed by atoms with Gasteiger partial charge in [0.2, 0.25) is 0 Å². The Kier molecular flexibility index (Phi) is 5.68. The average molecular weight is 288 g/mol. The van der Waals surface area contributed by atoms with E-state index in [0.29, 0.717) is 6.42 Å². The minimum atomic E-state index is -3.51. The van der Waals surface area contributed by atoms with Gasteiger partial charge in [-0.1, -0.05) is 19.1 Å². The Morgan fingerprint density at radius 3 is 2.61 bits per heavy atom. The molecule has 0 aliphatic rings. The Bertz CT molecular complexity index is 509. The van der Waals surface area contributed by atoms with E-state index >= 15 is 0 Å². The molecule has 0 heterocycles. The fraction of sp³-hybridized carbons (Fsp3) is 0.417. The van der Waals surface area contributed by atoms with Gasteiger partial charge in [-0.2, -0.15) is 11.8 Å². The summed E-state index contributed by atoms with van der Waals surface area (Å²) >= 11 is 1.67. The molecule has 6 heteroatoms. The minimum absolute atomic E-state index is 0.00963. The monoisotopic (exact) mass is 288 g/mol. The van der Waals surface area contributed by atoms with Gasteiger partial charge in [-0.05, 0) is 30.1 Å². The van der Waals surface area contributed by atoms with Crippen LogP contribution in [0.3, 0.4) is 0 Å². The number of hydrogen-bond donors (Lipinski definition) is 1. The number of carboxylic acids is 1. The van der Waals surface area contributed by atoms with E-state index in [1.807, 2.05) is 6.92 Å². The van der Waals surface area contributed by atoms with E-state index < -0.39 is 15.8 Å². The Morgan fingerprint density at radius 2 is 2.00 bits per heavy atom. The highest BCUT2D eigenvalue weighted by Gasteiger charge is 2.21. The molecule has 1 aromatic carbocycles. The van der Waals surface area contributed by atoms with Crippen LogP contribution in [0.5, 0.6) is 0 Å². The number of carbonyl (C=O) groups is 1. The molecule has 0 fully saturated rings. The van der Waals surface area contributed by atoms with Crippen molar-refractivity contribution in [3.63, 3.8) is 0 Å². The van der Waals surface area contributed by atoms with Gasteiger partial charge in [-0.25, -0.2) is 13.2 Å². The van der Waals surface area contributed by atoms with E-state index in [-0.39, 0.29) is 16.2 Å². The van der Waals surface area contributed by atoms with Crippen LogP contribution in [0.15, 0.2) is 29.2 Å². The Balaban J connectivity index is 2.88. The molecule has 0 spiro atoms. The van der Waals surface area contributed by atoms with Crippen LogP contribution in [0.2, 0.25) is 0 Å². The highest BCUT2D eigenvalue weighted by molar-refractivity contribution is 7.99. The van der Waals surface area contributed by atoms with Crippen LogP contribution >= 0.6 is 11.8 Å². The molecule has 4 nitrogen and oxygen atoms in total. The molecular weight excluding hydrogens is 272 g/mol. The van der Waals surface area contributed by atoms with E-state index in [9.17, 15) is 13.2 Å². The third-order valence-corrected chi connectivity index (χ3v) is 5.20. The smallest absolute Gasteiger partial charge is 0.337 e. The van der Waals surface area contributed by atoms with Crippen molar-refractivity contribution in [2.45, 2.75) is 18.2 Å². The van der Waals surface area contributed by atoms with E-state index in [2.05, 4.69) is 0 Å². The number of rotatable bonds is 7. The SMILES string of the molecule is CCSCCCS(=O)(=O)c1ccccc1C(=O)O. The summed E-state index contributed by atoms with van der Waals surface area (Å²) in [5, 5.41) is 8.97. The van der Waals surface area contributed by atoms with Gasteiger partial charge < -0.3 is 5.11 Å². The van der Waals surface area contributed by atoms with Crippen molar-refractivity contribution in [3.05, 3.63) is 29.8 Å². The van der Waals surface area contributed by atoms with Crippen molar-refractivity contribution in [1.29, 1.82) is 0 Å². The second kappa shape index (κ2) is 6.80. The van der Waals surface area contributed by atoms with Gasteiger partial charge in [-0.15, -0.1) is 0 Å². The fourth-order valence-electron chi connectivity index (χ4n) is 1.52. The lowest BCUT2D eigenvalue weighted by molar-refractivity contribution is 0.0692. The molecule has 100 valence electrons. The molecule has 0 bridgehead atoms. The largest absolute Gasteiger partial charge is 0.478 e. The molecule has 1 N–H and O–H groups in total. The number of benzene rings is 1. The van der Waals surface area contributed by atoms with Gasteiger partial charge in [0.25, 0.3) is 0 Å². The zero-order chi connectivity index (χ0) is 13.6. The maximum atomic E-state index is 12.0. The Morgan fingerprint density at radius 1 is 1.33 bits per heavy atom. The summed E-state index contributed by atoms with van der Waals surface area (Å²) in [6.07, 6.45) is 0.537. The second-order valence-electron chi connectivity index (χ2n) is 3.67. The van der Waals surface area contributed by atoms with Crippen LogP contribution in [0.4, 0.5) is 0 Å². The first-order chi connectivity index (χ1) is 8.49.